The average Bonchev–Trinajstić information content (AvgIpc) is 2.72. The van der Waals surface area contributed by atoms with Gasteiger partial charge in [0.05, 0.1) is 4.92 Å². The smallest absolute Gasteiger partial charge is 0.276 e. The Labute approximate surface area is 121 Å². The summed E-state index contributed by atoms with van der Waals surface area (Å²) in [5.41, 5.74) is -1.22. The third-order valence-electron chi connectivity index (χ3n) is 4.40. The van der Waals surface area contributed by atoms with Gasteiger partial charge in [-0.1, -0.05) is 6.92 Å². The lowest BCUT2D eigenvalue weighted by atomic mass is 9.94. The zero-order chi connectivity index (χ0) is 15.2. The van der Waals surface area contributed by atoms with Crippen LogP contribution in [0.2, 0.25) is 0 Å². The molecule has 0 radical (unpaired) electrons. The molecule has 1 fully saturated rings. The minimum Gasteiger partial charge on any atom is -0.364 e. The number of fused-ring (bicyclic) bond motifs is 1. The molecule has 0 saturated carbocycles. The molecule has 1 atom stereocenters. The van der Waals surface area contributed by atoms with Crippen molar-refractivity contribution in [2.45, 2.75) is 25.5 Å². The summed E-state index contributed by atoms with van der Waals surface area (Å²) in [5.74, 6) is 0.0199. The van der Waals surface area contributed by atoms with Crippen LogP contribution >= 0.6 is 0 Å². The van der Waals surface area contributed by atoms with Gasteiger partial charge in [-0.25, -0.2) is 0 Å². The SMILES string of the molecule is CC1CCN([C@@]2(O)C(=O)Nc3ccc([N+](=O)[O-])cc32)CC1. The van der Waals surface area contributed by atoms with Crippen molar-refractivity contribution >= 4 is 17.3 Å². The maximum Gasteiger partial charge on any atom is 0.276 e. The third kappa shape index (κ3) is 2.09. The van der Waals surface area contributed by atoms with Crippen molar-refractivity contribution in [2.75, 3.05) is 18.4 Å². The van der Waals surface area contributed by atoms with Gasteiger partial charge in [-0.2, -0.15) is 0 Å². The van der Waals surface area contributed by atoms with E-state index in [4.69, 9.17) is 0 Å². The number of carbonyl (C=O) groups excluding carboxylic acids is 1. The zero-order valence-corrected chi connectivity index (χ0v) is 11.7. The first-order valence-electron chi connectivity index (χ1n) is 7.00. The van der Waals surface area contributed by atoms with E-state index >= 15 is 0 Å². The number of nitro benzene ring substituents is 1. The number of rotatable bonds is 2. The summed E-state index contributed by atoms with van der Waals surface area (Å²) in [5, 5.41) is 24.4. The van der Waals surface area contributed by atoms with Gasteiger partial charge in [-0.3, -0.25) is 19.8 Å². The Morgan fingerprint density at radius 2 is 2.10 bits per heavy atom. The zero-order valence-electron chi connectivity index (χ0n) is 11.7. The molecule has 21 heavy (non-hydrogen) atoms. The molecule has 2 aliphatic heterocycles. The Balaban J connectivity index is 2.02. The molecule has 1 saturated heterocycles. The van der Waals surface area contributed by atoms with Crippen LogP contribution in [0.5, 0.6) is 0 Å². The summed E-state index contributed by atoms with van der Waals surface area (Å²) in [4.78, 5) is 24.3. The minimum absolute atomic E-state index is 0.131. The summed E-state index contributed by atoms with van der Waals surface area (Å²) in [6, 6.07) is 4.07. The highest BCUT2D eigenvalue weighted by Gasteiger charge is 2.51. The van der Waals surface area contributed by atoms with Crippen LogP contribution in [0.4, 0.5) is 11.4 Å². The molecule has 2 heterocycles. The van der Waals surface area contributed by atoms with Crippen molar-refractivity contribution < 1.29 is 14.8 Å². The Morgan fingerprint density at radius 1 is 1.43 bits per heavy atom. The van der Waals surface area contributed by atoms with Crippen LogP contribution in [-0.2, 0) is 10.5 Å². The highest BCUT2D eigenvalue weighted by Crippen LogP contribution is 2.41. The van der Waals surface area contributed by atoms with Crippen molar-refractivity contribution in [2.24, 2.45) is 5.92 Å². The van der Waals surface area contributed by atoms with Crippen LogP contribution in [0.3, 0.4) is 0 Å². The van der Waals surface area contributed by atoms with E-state index < -0.39 is 16.6 Å². The van der Waals surface area contributed by atoms with Gasteiger partial charge in [0, 0.05) is 36.5 Å². The predicted octanol–water partition coefficient (Wildman–Crippen LogP) is 1.42. The highest BCUT2D eigenvalue weighted by atomic mass is 16.6. The lowest BCUT2D eigenvalue weighted by Gasteiger charge is -2.39. The summed E-state index contributed by atoms with van der Waals surface area (Å²) in [6.07, 6.45) is 1.78. The van der Waals surface area contributed by atoms with E-state index in [-0.39, 0.29) is 11.3 Å². The quantitative estimate of drug-likeness (QED) is 0.634. The van der Waals surface area contributed by atoms with Crippen molar-refractivity contribution in [1.82, 2.24) is 4.90 Å². The van der Waals surface area contributed by atoms with Crippen molar-refractivity contribution in [1.29, 1.82) is 0 Å². The molecule has 7 heteroatoms. The number of hydrogen-bond donors (Lipinski definition) is 2. The molecule has 0 spiro atoms. The predicted molar refractivity (Wildman–Crippen MR) is 75.6 cm³/mol. The molecule has 0 unspecified atom stereocenters. The van der Waals surface area contributed by atoms with Gasteiger partial charge in [0.25, 0.3) is 11.6 Å². The Bertz CT molecular complexity index is 610. The number of hydrogen-bond acceptors (Lipinski definition) is 5. The van der Waals surface area contributed by atoms with E-state index in [0.29, 0.717) is 24.7 Å². The van der Waals surface area contributed by atoms with Crippen molar-refractivity contribution in [3.63, 3.8) is 0 Å². The molecule has 0 aromatic heterocycles. The fourth-order valence-electron chi connectivity index (χ4n) is 3.02. The second-order valence-electron chi connectivity index (χ2n) is 5.78. The molecular formula is C14H17N3O4. The number of amides is 1. The third-order valence-corrected chi connectivity index (χ3v) is 4.40. The second kappa shape index (κ2) is 4.78. The maximum absolute atomic E-state index is 12.2. The van der Waals surface area contributed by atoms with Gasteiger partial charge in [0.2, 0.25) is 5.72 Å². The highest BCUT2D eigenvalue weighted by molar-refractivity contribution is 6.04. The molecule has 1 aromatic rings. The lowest BCUT2D eigenvalue weighted by molar-refractivity contribution is -0.385. The average molecular weight is 291 g/mol. The normalized spacial score (nSPS) is 26.5. The van der Waals surface area contributed by atoms with Gasteiger partial charge in [0.15, 0.2) is 0 Å². The summed E-state index contributed by atoms with van der Waals surface area (Å²) >= 11 is 0. The van der Waals surface area contributed by atoms with Crippen LogP contribution in [0.15, 0.2) is 18.2 Å². The molecule has 3 rings (SSSR count). The summed E-state index contributed by atoms with van der Waals surface area (Å²) < 4.78 is 0. The molecule has 7 nitrogen and oxygen atoms in total. The van der Waals surface area contributed by atoms with Gasteiger partial charge in [0.1, 0.15) is 0 Å². The number of benzene rings is 1. The molecule has 1 aromatic carbocycles. The van der Waals surface area contributed by atoms with E-state index in [1.807, 2.05) is 0 Å². The first-order chi connectivity index (χ1) is 9.92. The first kappa shape index (κ1) is 14.0. The number of aliphatic hydroxyl groups is 1. The Hall–Kier alpha value is -1.99. The fourth-order valence-corrected chi connectivity index (χ4v) is 3.02. The monoisotopic (exact) mass is 291 g/mol. The molecule has 2 N–H and O–H groups in total. The van der Waals surface area contributed by atoms with E-state index in [2.05, 4.69) is 12.2 Å². The number of nitrogens with zero attached hydrogens (tertiary/aromatic N) is 2. The fraction of sp³-hybridized carbons (Fsp3) is 0.500. The number of anilines is 1. The van der Waals surface area contributed by atoms with E-state index in [9.17, 15) is 20.0 Å². The van der Waals surface area contributed by atoms with Gasteiger partial charge in [-0.05, 0) is 24.8 Å². The number of nitrogens with one attached hydrogen (secondary N) is 1. The van der Waals surface area contributed by atoms with E-state index in [0.717, 1.165) is 12.8 Å². The van der Waals surface area contributed by atoms with Crippen molar-refractivity contribution in [3.05, 3.63) is 33.9 Å². The number of carbonyl (C=O) groups is 1. The second-order valence-corrected chi connectivity index (χ2v) is 5.78. The van der Waals surface area contributed by atoms with Crippen molar-refractivity contribution in [3.8, 4) is 0 Å². The first-order valence-corrected chi connectivity index (χ1v) is 7.00. The van der Waals surface area contributed by atoms with Crippen LogP contribution in [0, 0.1) is 16.0 Å². The van der Waals surface area contributed by atoms with Crippen LogP contribution < -0.4 is 5.32 Å². The number of non-ortho nitro benzene ring substituents is 1. The molecule has 1 amide bonds. The van der Waals surface area contributed by atoms with Crippen LogP contribution in [-0.4, -0.2) is 33.9 Å². The van der Waals surface area contributed by atoms with Crippen LogP contribution in [0.1, 0.15) is 25.3 Å². The number of piperidine rings is 1. The number of nitro groups is 1. The Morgan fingerprint density at radius 3 is 2.71 bits per heavy atom. The number of likely N-dealkylation sites (tertiary alicyclic amines) is 1. The van der Waals surface area contributed by atoms with Gasteiger partial charge < -0.3 is 10.4 Å². The summed E-state index contributed by atoms with van der Waals surface area (Å²) in [7, 11) is 0. The van der Waals surface area contributed by atoms with E-state index in [1.165, 1.54) is 18.2 Å². The molecule has 0 bridgehead atoms. The van der Waals surface area contributed by atoms with E-state index in [1.54, 1.807) is 4.90 Å². The molecular weight excluding hydrogens is 274 g/mol. The molecule has 112 valence electrons. The summed E-state index contributed by atoms with van der Waals surface area (Å²) in [6.45, 7) is 3.31. The Kier molecular flexibility index (Phi) is 3.18. The molecule has 0 aliphatic carbocycles. The lowest BCUT2D eigenvalue weighted by Crippen LogP contribution is -2.53. The largest absolute Gasteiger partial charge is 0.364 e. The molecule has 2 aliphatic rings. The standard InChI is InChI=1S/C14H17N3O4/c1-9-4-6-16(7-5-9)14(19)11-8-10(17(20)21)2-3-12(11)15-13(14)18/h2-3,8-9,19H,4-7H2,1H3,(H,15,18)/t14-/m0/s1. The minimum atomic E-state index is -1.80. The maximum atomic E-state index is 12.2. The van der Waals surface area contributed by atoms with Gasteiger partial charge in [-0.15, -0.1) is 0 Å². The van der Waals surface area contributed by atoms with Gasteiger partial charge >= 0.3 is 0 Å². The topological polar surface area (TPSA) is 95.7 Å². The van der Waals surface area contributed by atoms with Crippen LogP contribution in [0.25, 0.3) is 0 Å².